The van der Waals surface area contributed by atoms with Crippen molar-refractivity contribution in [3.8, 4) is 0 Å². The van der Waals surface area contributed by atoms with Crippen molar-refractivity contribution in [2.75, 3.05) is 20.6 Å². The van der Waals surface area contributed by atoms with Crippen molar-refractivity contribution >= 4 is 11.9 Å². The van der Waals surface area contributed by atoms with E-state index in [1.165, 1.54) is 0 Å². The van der Waals surface area contributed by atoms with Crippen molar-refractivity contribution in [2.24, 2.45) is 0 Å². The third-order valence-electron chi connectivity index (χ3n) is 2.79. The Balaban J connectivity index is 2.90. The molecule has 0 spiro atoms. The van der Waals surface area contributed by atoms with E-state index in [2.05, 4.69) is 0 Å². The smallest absolute Gasteiger partial charge is 0.338 e. The van der Waals surface area contributed by atoms with Crippen LogP contribution in [0.25, 0.3) is 0 Å². The van der Waals surface area contributed by atoms with Crippen LogP contribution in [0.3, 0.4) is 0 Å². The van der Waals surface area contributed by atoms with Crippen LogP contribution in [0.4, 0.5) is 0 Å². The highest BCUT2D eigenvalue weighted by Gasteiger charge is 2.22. The molecule has 0 saturated carbocycles. The molecule has 0 saturated heterocycles. The molecular weight excluding hydrogens is 270 g/mol. The zero-order valence-corrected chi connectivity index (χ0v) is 13.2. The van der Waals surface area contributed by atoms with E-state index in [-0.39, 0.29) is 0 Å². The van der Waals surface area contributed by atoms with Gasteiger partial charge in [0, 0.05) is 6.54 Å². The number of likely N-dealkylation sites (N-methyl/N-ethyl adjacent to an activating group) is 1. The summed E-state index contributed by atoms with van der Waals surface area (Å²) < 4.78 is 5.27. The molecule has 1 atom stereocenters. The molecule has 1 N–H and O–H groups in total. The van der Waals surface area contributed by atoms with E-state index in [0.29, 0.717) is 17.7 Å². The van der Waals surface area contributed by atoms with Crippen molar-refractivity contribution in [1.82, 2.24) is 4.90 Å². The summed E-state index contributed by atoms with van der Waals surface area (Å²) >= 11 is 0. The Morgan fingerprint density at radius 1 is 1.19 bits per heavy atom. The lowest BCUT2D eigenvalue weighted by Crippen LogP contribution is -2.26. The van der Waals surface area contributed by atoms with Crippen LogP contribution in [0.5, 0.6) is 0 Å². The number of nitrogens with zero attached hydrogens (tertiary/aromatic N) is 1. The summed E-state index contributed by atoms with van der Waals surface area (Å²) in [5.74, 6) is -1.91. The number of aliphatic carboxylic acids is 1. The molecule has 0 aliphatic rings. The van der Waals surface area contributed by atoms with Gasteiger partial charge in [0.2, 0.25) is 0 Å². The van der Waals surface area contributed by atoms with E-state index in [1.54, 1.807) is 45.0 Å². The second-order valence-electron chi connectivity index (χ2n) is 6.28. The molecule has 0 fully saturated rings. The van der Waals surface area contributed by atoms with Crippen molar-refractivity contribution < 1.29 is 19.4 Å². The maximum atomic E-state index is 11.9. The van der Waals surface area contributed by atoms with Gasteiger partial charge in [0.1, 0.15) is 5.60 Å². The number of benzene rings is 1. The molecule has 0 aliphatic heterocycles. The van der Waals surface area contributed by atoms with Gasteiger partial charge in [-0.15, -0.1) is 0 Å². The van der Waals surface area contributed by atoms with Crippen LogP contribution in [0.1, 0.15) is 42.6 Å². The maximum Gasteiger partial charge on any atom is 0.338 e. The summed E-state index contributed by atoms with van der Waals surface area (Å²) in [7, 11) is 3.65. The fourth-order valence-electron chi connectivity index (χ4n) is 1.88. The number of carbonyl (C=O) groups is 2. The highest BCUT2D eigenvalue weighted by Crippen LogP contribution is 2.19. The fourth-order valence-corrected chi connectivity index (χ4v) is 1.88. The highest BCUT2D eigenvalue weighted by atomic mass is 16.6. The molecule has 1 unspecified atom stereocenters. The monoisotopic (exact) mass is 293 g/mol. The predicted octanol–water partition coefficient (Wildman–Crippen LogP) is 2.37. The zero-order chi connectivity index (χ0) is 16.2. The summed E-state index contributed by atoms with van der Waals surface area (Å²) in [4.78, 5) is 25.0. The number of hydrogen-bond donors (Lipinski definition) is 1. The molecule has 1 aromatic carbocycles. The fraction of sp³-hybridized carbons (Fsp3) is 0.500. The lowest BCUT2D eigenvalue weighted by atomic mass is 9.97. The molecule has 0 radical (unpaired) electrons. The standard InChI is InChI=1S/C16H23NO4/c1-16(2,3)21-15(20)12-8-6-11(7-9-12)13(14(18)19)10-17(4)5/h6-9,13H,10H2,1-5H3,(H,18,19). The van der Waals surface area contributed by atoms with Gasteiger partial charge in [-0.25, -0.2) is 4.79 Å². The zero-order valence-electron chi connectivity index (χ0n) is 13.2. The van der Waals surface area contributed by atoms with Gasteiger partial charge in [0.15, 0.2) is 0 Å². The highest BCUT2D eigenvalue weighted by molar-refractivity contribution is 5.90. The van der Waals surface area contributed by atoms with Gasteiger partial charge in [-0.3, -0.25) is 4.79 Å². The molecule has 0 aromatic heterocycles. The van der Waals surface area contributed by atoms with Gasteiger partial charge in [-0.1, -0.05) is 12.1 Å². The number of carboxylic acid groups (broad SMARTS) is 1. The van der Waals surface area contributed by atoms with Crippen LogP contribution in [-0.4, -0.2) is 48.2 Å². The first-order valence-corrected chi connectivity index (χ1v) is 6.81. The summed E-state index contributed by atoms with van der Waals surface area (Å²) in [6.07, 6.45) is 0. The Hall–Kier alpha value is -1.88. The lowest BCUT2D eigenvalue weighted by molar-refractivity contribution is -0.139. The average Bonchev–Trinajstić information content (AvgIpc) is 2.33. The van der Waals surface area contributed by atoms with E-state index < -0.39 is 23.5 Å². The van der Waals surface area contributed by atoms with Gasteiger partial charge < -0.3 is 14.7 Å². The van der Waals surface area contributed by atoms with Crippen LogP contribution >= 0.6 is 0 Å². The third kappa shape index (κ3) is 5.55. The van der Waals surface area contributed by atoms with Crippen LogP contribution in [0, 0.1) is 0 Å². The molecule has 1 aromatic rings. The Morgan fingerprint density at radius 2 is 1.71 bits per heavy atom. The van der Waals surface area contributed by atoms with Crippen molar-refractivity contribution in [3.05, 3.63) is 35.4 Å². The Kier molecular flexibility index (Phi) is 5.49. The summed E-state index contributed by atoms with van der Waals surface area (Å²) in [6.45, 7) is 5.81. The van der Waals surface area contributed by atoms with E-state index in [1.807, 2.05) is 19.0 Å². The number of rotatable bonds is 5. The number of hydrogen-bond acceptors (Lipinski definition) is 4. The third-order valence-corrected chi connectivity index (χ3v) is 2.79. The topological polar surface area (TPSA) is 66.8 Å². The molecule has 0 heterocycles. The van der Waals surface area contributed by atoms with Gasteiger partial charge in [0.25, 0.3) is 0 Å². The molecule has 21 heavy (non-hydrogen) atoms. The first kappa shape index (κ1) is 17.2. The van der Waals surface area contributed by atoms with Crippen molar-refractivity contribution in [1.29, 1.82) is 0 Å². The summed E-state index contributed by atoms with van der Waals surface area (Å²) in [5, 5.41) is 9.29. The summed E-state index contributed by atoms with van der Waals surface area (Å²) in [6, 6.07) is 6.55. The van der Waals surface area contributed by atoms with Gasteiger partial charge in [-0.2, -0.15) is 0 Å². The summed E-state index contributed by atoms with van der Waals surface area (Å²) in [5.41, 5.74) is 0.538. The lowest BCUT2D eigenvalue weighted by Gasteiger charge is -2.20. The molecule has 0 bridgehead atoms. The van der Waals surface area contributed by atoms with Crippen molar-refractivity contribution in [2.45, 2.75) is 32.3 Å². The number of ether oxygens (including phenoxy) is 1. The molecule has 0 amide bonds. The van der Waals surface area contributed by atoms with Gasteiger partial charge >= 0.3 is 11.9 Å². The van der Waals surface area contributed by atoms with Crippen LogP contribution in [0.15, 0.2) is 24.3 Å². The molecule has 1 rings (SSSR count). The van der Waals surface area contributed by atoms with E-state index in [9.17, 15) is 14.7 Å². The number of carbonyl (C=O) groups excluding carboxylic acids is 1. The van der Waals surface area contributed by atoms with Crippen molar-refractivity contribution in [3.63, 3.8) is 0 Å². The number of esters is 1. The van der Waals surface area contributed by atoms with Crippen LogP contribution < -0.4 is 0 Å². The number of carboxylic acids is 1. The minimum Gasteiger partial charge on any atom is -0.481 e. The van der Waals surface area contributed by atoms with Gasteiger partial charge in [0.05, 0.1) is 11.5 Å². The minimum atomic E-state index is -0.881. The van der Waals surface area contributed by atoms with E-state index >= 15 is 0 Å². The molecule has 5 heteroatoms. The first-order valence-electron chi connectivity index (χ1n) is 6.81. The minimum absolute atomic E-state index is 0.404. The maximum absolute atomic E-state index is 11.9. The molecule has 0 aliphatic carbocycles. The van der Waals surface area contributed by atoms with Crippen LogP contribution in [0.2, 0.25) is 0 Å². The molecular formula is C16H23NO4. The average molecular weight is 293 g/mol. The SMILES string of the molecule is CN(C)CC(C(=O)O)c1ccc(C(=O)OC(C)(C)C)cc1. The molecule has 116 valence electrons. The van der Waals surface area contributed by atoms with E-state index in [4.69, 9.17) is 4.74 Å². The second kappa shape index (κ2) is 6.72. The Bertz CT molecular complexity index is 500. The second-order valence-corrected chi connectivity index (χ2v) is 6.28. The Labute approximate surface area is 125 Å². The normalized spacial score (nSPS) is 13.0. The predicted molar refractivity (Wildman–Crippen MR) is 80.5 cm³/mol. The first-order chi connectivity index (χ1) is 9.60. The Morgan fingerprint density at radius 3 is 2.10 bits per heavy atom. The quantitative estimate of drug-likeness (QED) is 0.844. The molecule has 5 nitrogen and oxygen atoms in total. The van der Waals surface area contributed by atoms with Gasteiger partial charge in [-0.05, 0) is 52.6 Å². The van der Waals surface area contributed by atoms with Crippen LogP contribution in [-0.2, 0) is 9.53 Å². The van der Waals surface area contributed by atoms with E-state index in [0.717, 1.165) is 0 Å². The largest absolute Gasteiger partial charge is 0.481 e.